The van der Waals surface area contributed by atoms with Crippen molar-refractivity contribution < 1.29 is 0 Å². The molecule has 18 heavy (non-hydrogen) atoms. The van der Waals surface area contributed by atoms with Crippen LogP contribution in [0.25, 0.3) is 0 Å². The van der Waals surface area contributed by atoms with Crippen LogP contribution in [-0.2, 0) is 6.42 Å². The summed E-state index contributed by atoms with van der Waals surface area (Å²) in [6.07, 6.45) is 1.99. The van der Waals surface area contributed by atoms with Gasteiger partial charge in [-0.2, -0.15) is 0 Å². The van der Waals surface area contributed by atoms with Gasteiger partial charge in [0.1, 0.15) is 0 Å². The van der Waals surface area contributed by atoms with E-state index in [1.807, 2.05) is 0 Å². The number of aromatic nitrogens is 1. The minimum absolute atomic E-state index is 0.315. The number of hydrazine groups is 1. The SMILES string of the molecule is CCN(CC)CCC(Cc1nc(C)c(C)s1)NN. The zero-order valence-corrected chi connectivity index (χ0v) is 12.8. The lowest BCUT2D eigenvalue weighted by Gasteiger charge is -2.21. The van der Waals surface area contributed by atoms with E-state index in [-0.39, 0.29) is 0 Å². The fourth-order valence-electron chi connectivity index (χ4n) is 1.96. The molecule has 1 aromatic heterocycles. The van der Waals surface area contributed by atoms with Crippen molar-refractivity contribution in [3.63, 3.8) is 0 Å². The zero-order chi connectivity index (χ0) is 13.5. The number of thiazole rings is 1. The molecular weight excluding hydrogens is 244 g/mol. The van der Waals surface area contributed by atoms with Crippen molar-refractivity contribution in [1.29, 1.82) is 0 Å². The highest BCUT2D eigenvalue weighted by atomic mass is 32.1. The van der Waals surface area contributed by atoms with Gasteiger partial charge in [-0.1, -0.05) is 13.8 Å². The maximum atomic E-state index is 5.64. The largest absolute Gasteiger partial charge is 0.304 e. The average Bonchev–Trinajstić information content (AvgIpc) is 2.68. The van der Waals surface area contributed by atoms with Crippen molar-refractivity contribution in [2.45, 2.75) is 46.6 Å². The third-order valence-electron chi connectivity index (χ3n) is 3.42. The summed E-state index contributed by atoms with van der Waals surface area (Å²) in [6, 6.07) is 0.315. The summed E-state index contributed by atoms with van der Waals surface area (Å²) in [4.78, 5) is 8.30. The van der Waals surface area contributed by atoms with Crippen LogP contribution in [0, 0.1) is 13.8 Å². The summed E-state index contributed by atoms with van der Waals surface area (Å²) < 4.78 is 0. The molecule has 0 saturated heterocycles. The van der Waals surface area contributed by atoms with Gasteiger partial charge in [-0.05, 0) is 39.9 Å². The second-order valence-electron chi connectivity index (χ2n) is 4.63. The van der Waals surface area contributed by atoms with E-state index in [4.69, 9.17) is 5.84 Å². The van der Waals surface area contributed by atoms with E-state index in [9.17, 15) is 0 Å². The fraction of sp³-hybridized carbons (Fsp3) is 0.769. The number of aryl methyl sites for hydroxylation is 2. The Labute approximate surface area is 115 Å². The number of hydrogen-bond acceptors (Lipinski definition) is 5. The first kappa shape index (κ1) is 15.6. The van der Waals surface area contributed by atoms with Gasteiger partial charge in [0.15, 0.2) is 0 Å². The number of hydrogen-bond donors (Lipinski definition) is 2. The summed E-state index contributed by atoms with van der Waals surface area (Å²) in [7, 11) is 0. The maximum absolute atomic E-state index is 5.64. The van der Waals surface area contributed by atoms with Gasteiger partial charge in [0, 0.05) is 17.3 Å². The quantitative estimate of drug-likeness (QED) is 0.559. The molecule has 0 aliphatic heterocycles. The van der Waals surface area contributed by atoms with Crippen molar-refractivity contribution in [3.8, 4) is 0 Å². The predicted molar refractivity (Wildman–Crippen MR) is 78.8 cm³/mol. The van der Waals surface area contributed by atoms with Crippen LogP contribution in [0.2, 0.25) is 0 Å². The Morgan fingerprint density at radius 1 is 1.33 bits per heavy atom. The van der Waals surface area contributed by atoms with Crippen LogP contribution in [0.15, 0.2) is 0 Å². The Morgan fingerprint density at radius 3 is 2.44 bits per heavy atom. The molecule has 0 saturated carbocycles. The van der Waals surface area contributed by atoms with Crippen LogP contribution < -0.4 is 11.3 Å². The normalized spacial score (nSPS) is 13.2. The van der Waals surface area contributed by atoms with Crippen LogP contribution in [0.5, 0.6) is 0 Å². The molecule has 1 atom stereocenters. The summed E-state index contributed by atoms with van der Waals surface area (Å²) in [5, 5.41) is 1.19. The highest BCUT2D eigenvalue weighted by Crippen LogP contribution is 2.18. The van der Waals surface area contributed by atoms with E-state index in [0.717, 1.165) is 38.2 Å². The van der Waals surface area contributed by atoms with Crippen LogP contribution in [0.1, 0.15) is 35.8 Å². The summed E-state index contributed by atoms with van der Waals surface area (Å²) >= 11 is 1.78. The topological polar surface area (TPSA) is 54.2 Å². The Kier molecular flexibility index (Phi) is 6.78. The lowest BCUT2D eigenvalue weighted by atomic mass is 10.1. The van der Waals surface area contributed by atoms with Crippen molar-refractivity contribution in [2.24, 2.45) is 5.84 Å². The van der Waals surface area contributed by atoms with E-state index >= 15 is 0 Å². The Hall–Kier alpha value is -0.490. The number of nitrogens with zero attached hydrogens (tertiary/aromatic N) is 2. The van der Waals surface area contributed by atoms with Gasteiger partial charge in [-0.3, -0.25) is 11.3 Å². The van der Waals surface area contributed by atoms with Gasteiger partial charge in [0.25, 0.3) is 0 Å². The van der Waals surface area contributed by atoms with Gasteiger partial charge in [-0.15, -0.1) is 11.3 Å². The van der Waals surface area contributed by atoms with Crippen LogP contribution in [-0.4, -0.2) is 35.6 Å². The third-order valence-corrected chi connectivity index (χ3v) is 4.51. The zero-order valence-electron chi connectivity index (χ0n) is 12.0. The molecule has 0 amide bonds. The second-order valence-corrected chi connectivity index (χ2v) is 5.92. The molecule has 0 spiro atoms. The first-order chi connectivity index (χ1) is 8.60. The molecule has 104 valence electrons. The molecule has 0 aliphatic rings. The van der Waals surface area contributed by atoms with Crippen molar-refractivity contribution in [3.05, 3.63) is 15.6 Å². The van der Waals surface area contributed by atoms with Crippen molar-refractivity contribution >= 4 is 11.3 Å². The summed E-state index contributed by atoms with van der Waals surface area (Å²) in [5.41, 5.74) is 4.07. The Balaban J connectivity index is 2.46. The van der Waals surface area contributed by atoms with Gasteiger partial charge in [0.05, 0.1) is 10.7 Å². The predicted octanol–water partition coefficient (Wildman–Crippen LogP) is 1.87. The first-order valence-electron chi connectivity index (χ1n) is 6.72. The van der Waals surface area contributed by atoms with Gasteiger partial charge in [-0.25, -0.2) is 4.98 Å². The molecule has 0 bridgehead atoms. The average molecular weight is 270 g/mol. The monoisotopic (exact) mass is 270 g/mol. The number of rotatable bonds is 8. The molecule has 0 radical (unpaired) electrons. The van der Waals surface area contributed by atoms with Crippen LogP contribution in [0.3, 0.4) is 0 Å². The van der Waals surface area contributed by atoms with Crippen molar-refractivity contribution in [2.75, 3.05) is 19.6 Å². The van der Waals surface area contributed by atoms with Crippen molar-refractivity contribution in [1.82, 2.24) is 15.3 Å². The molecular formula is C13H26N4S. The van der Waals surface area contributed by atoms with E-state index in [2.05, 4.69) is 43.0 Å². The summed E-state index contributed by atoms with van der Waals surface area (Å²) in [5.74, 6) is 5.64. The van der Waals surface area contributed by atoms with E-state index in [1.165, 1.54) is 9.88 Å². The van der Waals surface area contributed by atoms with Gasteiger partial charge < -0.3 is 4.90 Å². The fourth-order valence-corrected chi connectivity index (χ4v) is 2.97. The first-order valence-corrected chi connectivity index (χ1v) is 7.53. The number of nitrogens with two attached hydrogens (primary N) is 1. The molecule has 0 aliphatic carbocycles. The molecule has 1 unspecified atom stereocenters. The molecule has 1 heterocycles. The Bertz CT molecular complexity index is 327. The molecule has 4 nitrogen and oxygen atoms in total. The van der Waals surface area contributed by atoms with Gasteiger partial charge >= 0.3 is 0 Å². The Morgan fingerprint density at radius 2 is 2.00 bits per heavy atom. The lowest BCUT2D eigenvalue weighted by Crippen LogP contribution is -2.39. The second kappa shape index (κ2) is 7.84. The smallest absolute Gasteiger partial charge is 0.0946 e. The third kappa shape index (κ3) is 4.65. The van der Waals surface area contributed by atoms with E-state index in [0.29, 0.717) is 6.04 Å². The molecule has 1 rings (SSSR count). The molecule has 0 aromatic carbocycles. The van der Waals surface area contributed by atoms with Crippen LogP contribution in [0.4, 0.5) is 0 Å². The summed E-state index contributed by atoms with van der Waals surface area (Å²) in [6.45, 7) is 11.9. The lowest BCUT2D eigenvalue weighted by molar-refractivity contribution is 0.280. The van der Waals surface area contributed by atoms with E-state index < -0.39 is 0 Å². The maximum Gasteiger partial charge on any atom is 0.0946 e. The molecule has 0 fully saturated rings. The van der Waals surface area contributed by atoms with Gasteiger partial charge in [0.2, 0.25) is 0 Å². The number of nitrogens with one attached hydrogen (secondary N) is 1. The minimum Gasteiger partial charge on any atom is -0.304 e. The highest BCUT2D eigenvalue weighted by molar-refractivity contribution is 7.11. The molecule has 3 N–H and O–H groups in total. The molecule has 1 aromatic rings. The minimum atomic E-state index is 0.315. The molecule has 5 heteroatoms. The highest BCUT2D eigenvalue weighted by Gasteiger charge is 2.12. The van der Waals surface area contributed by atoms with Crippen LogP contribution >= 0.6 is 11.3 Å². The van der Waals surface area contributed by atoms with E-state index in [1.54, 1.807) is 11.3 Å². The standard InChI is InChI=1S/C13H26N4S/c1-5-17(6-2)8-7-12(16-14)9-13-15-10(3)11(4)18-13/h12,16H,5-9,14H2,1-4H3.